The van der Waals surface area contributed by atoms with Crippen LogP contribution >= 0.6 is 0 Å². The number of hydrogen-bond donors (Lipinski definition) is 1. The van der Waals surface area contributed by atoms with E-state index in [0.29, 0.717) is 13.2 Å². The van der Waals surface area contributed by atoms with Crippen LogP contribution in [0, 0.1) is 0 Å². The molecule has 1 aromatic rings. The van der Waals surface area contributed by atoms with Crippen molar-refractivity contribution >= 4 is 0 Å². The summed E-state index contributed by atoms with van der Waals surface area (Å²) in [6.07, 6.45) is 2.51. The number of hydrogen-bond acceptors (Lipinski definition) is 2. The maximum absolute atomic E-state index is 11.2. The van der Waals surface area contributed by atoms with Crippen LogP contribution in [0.1, 0.15) is 11.3 Å². The van der Waals surface area contributed by atoms with Crippen LogP contribution in [0.25, 0.3) is 0 Å². The van der Waals surface area contributed by atoms with Gasteiger partial charge in [-0.3, -0.25) is 4.79 Å². The highest BCUT2D eigenvalue weighted by Crippen LogP contribution is 2.08. The second kappa shape index (κ2) is 2.51. The summed E-state index contributed by atoms with van der Waals surface area (Å²) in [6.45, 7) is 1.18. The molecular weight excluding hydrogens is 142 g/mol. The Bertz CT molecular complexity index is 316. The van der Waals surface area contributed by atoms with Crippen LogP contribution in [0.2, 0.25) is 0 Å². The molecule has 58 valence electrons. The molecule has 0 atom stereocenters. The van der Waals surface area contributed by atoms with Gasteiger partial charge in [-0.25, -0.2) is 0 Å². The van der Waals surface area contributed by atoms with Gasteiger partial charge in [0.15, 0.2) is 5.43 Å². The molecule has 0 aliphatic carbocycles. The lowest BCUT2D eigenvalue weighted by atomic mass is 10.1. The van der Waals surface area contributed by atoms with Crippen LogP contribution in [0.15, 0.2) is 17.1 Å². The molecule has 0 saturated carbocycles. The molecule has 2 heterocycles. The zero-order valence-electron chi connectivity index (χ0n) is 6.09. The van der Waals surface area contributed by atoms with E-state index < -0.39 is 0 Å². The number of aromatic amines is 1. The van der Waals surface area contributed by atoms with Gasteiger partial charge in [0, 0.05) is 29.9 Å². The lowest BCUT2D eigenvalue weighted by Gasteiger charge is -2.14. The van der Waals surface area contributed by atoms with E-state index in [1.165, 1.54) is 6.07 Å². The summed E-state index contributed by atoms with van der Waals surface area (Å²) in [6, 6.07) is 1.54. The van der Waals surface area contributed by atoms with Gasteiger partial charge in [-0.2, -0.15) is 0 Å². The van der Waals surface area contributed by atoms with E-state index in [1.54, 1.807) is 6.20 Å². The maximum atomic E-state index is 11.2. The smallest absolute Gasteiger partial charge is 0.187 e. The zero-order chi connectivity index (χ0) is 7.68. The van der Waals surface area contributed by atoms with Crippen molar-refractivity contribution in [1.29, 1.82) is 0 Å². The van der Waals surface area contributed by atoms with Gasteiger partial charge in [-0.15, -0.1) is 0 Å². The predicted octanol–water partition coefficient (Wildman–Crippen LogP) is 0.448. The van der Waals surface area contributed by atoms with Crippen molar-refractivity contribution in [2.24, 2.45) is 0 Å². The highest BCUT2D eigenvalue weighted by molar-refractivity contribution is 5.20. The third kappa shape index (κ3) is 1.07. The fraction of sp³-hybridized carbons (Fsp3) is 0.375. The maximum Gasteiger partial charge on any atom is 0.187 e. The minimum absolute atomic E-state index is 0.0819. The van der Waals surface area contributed by atoms with Crippen LogP contribution in [0.4, 0.5) is 0 Å². The van der Waals surface area contributed by atoms with Crippen molar-refractivity contribution < 1.29 is 4.74 Å². The Morgan fingerprint density at radius 3 is 3.27 bits per heavy atom. The van der Waals surface area contributed by atoms with Crippen LogP contribution in [-0.4, -0.2) is 11.6 Å². The van der Waals surface area contributed by atoms with Gasteiger partial charge in [-0.05, 0) is 0 Å². The Morgan fingerprint density at radius 2 is 2.45 bits per heavy atom. The first kappa shape index (κ1) is 6.61. The summed E-state index contributed by atoms with van der Waals surface area (Å²) < 4.78 is 5.16. The summed E-state index contributed by atoms with van der Waals surface area (Å²) in [4.78, 5) is 14.2. The molecule has 1 aliphatic rings. The molecule has 1 aromatic heterocycles. The molecule has 2 rings (SSSR count). The summed E-state index contributed by atoms with van der Waals surface area (Å²) in [7, 11) is 0. The van der Waals surface area contributed by atoms with Crippen molar-refractivity contribution in [3.05, 3.63) is 33.7 Å². The SMILES string of the molecule is O=c1cc[nH]c2c1COCC2. The highest BCUT2D eigenvalue weighted by Gasteiger charge is 2.11. The Balaban J connectivity index is 2.58. The first-order chi connectivity index (χ1) is 5.38. The second-order valence-electron chi connectivity index (χ2n) is 2.60. The largest absolute Gasteiger partial charge is 0.376 e. The number of H-pyrrole nitrogens is 1. The predicted molar refractivity (Wildman–Crippen MR) is 40.4 cm³/mol. The quantitative estimate of drug-likeness (QED) is 0.584. The molecule has 0 fully saturated rings. The van der Waals surface area contributed by atoms with Crippen molar-refractivity contribution in [3.8, 4) is 0 Å². The number of nitrogens with one attached hydrogen (secondary N) is 1. The van der Waals surface area contributed by atoms with Gasteiger partial charge in [-0.1, -0.05) is 0 Å². The molecule has 3 nitrogen and oxygen atoms in total. The Morgan fingerprint density at radius 1 is 1.55 bits per heavy atom. The summed E-state index contributed by atoms with van der Waals surface area (Å²) >= 11 is 0. The molecule has 11 heavy (non-hydrogen) atoms. The van der Waals surface area contributed by atoms with E-state index in [0.717, 1.165) is 17.7 Å². The van der Waals surface area contributed by atoms with Gasteiger partial charge in [0.25, 0.3) is 0 Å². The minimum Gasteiger partial charge on any atom is -0.376 e. The van der Waals surface area contributed by atoms with E-state index in [2.05, 4.69) is 4.98 Å². The number of rotatable bonds is 0. The number of aromatic nitrogens is 1. The fourth-order valence-corrected chi connectivity index (χ4v) is 1.28. The second-order valence-corrected chi connectivity index (χ2v) is 2.60. The summed E-state index contributed by atoms with van der Waals surface area (Å²) in [5, 5.41) is 0. The van der Waals surface area contributed by atoms with Gasteiger partial charge < -0.3 is 9.72 Å². The third-order valence-electron chi connectivity index (χ3n) is 1.90. The molecule has 0 unspecified atom stereocenters. The van der Waals surface area contributed by atoms with Crippen molar-refractivity contribution in [1.82, 2.24) is 4.98 Å². The molecule has 1 N–H and O–H groups in total. The first-order valence-electron chi connectivity index (χ1n) is 3.65. The molecular formula is C8H9NO2. The lowest BCUT2D eigenvalue weighted by Crippen LogP contribution is -2.20. The number of pyridine rings is 1. The summed E-state index contributed by atoms with van der Waals surface area (Å²) in [5.41, 5.74) is 1.90. The Labute approximate surface area is 64.0 Å². The molecule has 3 heteroatoms. The van der Waals surface area contributed by atoms with Gasteiger partial charge in [0.1, 0.15) is 0 Å². The average molecular weight is 151 g/mol. The molecule has 0 bridgehead atoms. The minimum atomic E-state index is 0.0819. The first-order valence-corrected chi connectivity index (χ1v) is 3.65. The van der Waals surface area contributed by atoms with E-state index >= 15 is 0 Å². The zero-order valence-corrected chi connectivity index (χ0v) is 6.09. The normalized spacial score (nSPS) is 16.0. The van der Waals surface area contributed by atoms with Crippen molar-refractivity contribution in [2.75, 3.05) is 6.61 Å². The third-order valence-corrected chi connectivity index (χ3v) is 1.90. The van der Waals surface area contributed by atoms with Gasteiger partial charge in [0.05, 0.1) is 13.2 Å². The average Bonchev–Trinajstić information content (AvgIpc) is 2.06. The number of fused-ring (bicyclic) bond motifs is 1. The highest BCUT2D eigenvalue weighted by atomic mass is 16.5. The van der Waals surface area contributed by atoms with Crippen molar-refractivity contribution in [3.63, 3.8) is 0 Å². The molecule has 1 aliphatic heterocycles. The number of ether oxygens (including phenoxy) is 1. The lowest BCUT2D eigenvalue weighted by molar-refractivity contribution is 0.108. The Hall–Kier alpha value is -1.09. The molecule has 0 amide bonds. The van der Waals surface area contributed by atoms with E-state index in [1.807, 2.05) is 0 Å². The fourth-order valence-electron chi connectivity index (χ4n) is 1.28. The van der Waals surface area contributed by atoms with Crippen LogP contribution in [-0.2, 0) is 17.8 Å². The van der Waals surface area contributed by atoms with Crippen LogP contribution in [0.3, 0.4) is 0 Å². The topological polar surface area (TPSA) is 42.1 Å². The van der Waals surface area contributed by atoms with Gasteiger partial charge >= 0.3 is 0 Å². The standard InChI is InChI=1S/C8H9NO2/c10-8-1-3-9-7-2-4-11-5-6(7)8/h1,3H,2,4-5H2,(H,9,10). The van der Waals surface area contributed by atoms with Gasteiger partial charge in [0.2, 0.25) is 0 Å². The van der Waals surface area contributed by atoms with Crippen LogP contribution in [0.5, 0.6) is 0 Å². The van der Waals surface area contributed by atoms with E-state index in [4.69, 9.17) is 4.74 Å². The van der Waals surface area contributed by atoms with E-state index in [9.17, 15) is 4.79 Å². The Kier molecular flexibility index (Phi) is 1.51. The molecule has 0 saturated heterocycles. The van der Waals surface area contributed by atoms with Crippen molar-refractivity contribution in [2.45, 2.75) is 13.0 Å². The monoisotopic (exact) mass is 151 g/mol. The van der Waals surface area contributed by atoms with Crippen LogP contribution < -0.4 is 5.43 Å². The summed E-state index contributed by atoms with van der Waals surface area (Å²) in [5.74, 6) is 0. The molecule has 0 aromatic carbocycles. The van der Waals surface area contributed by atoms with E-state index in [-0.39, 0.29) is 5.43 Å². The molecule has 0 spiro atoms. The molecule has 0 radical (unpaired) electrons.